The van der Waals surface area contributed by atoms with Gasteiger partial charge in [-0.25, -0.2) is 4.39 Å². The summed E-state index contributed by atoms with van der Waals surface area (Å²) in [4.78, 5) is 18.8. The normalized spacial score (nSPS) is 12.6. The number of carbonyl (C=O) groups excluding carboxylic acids is 1. The molecule has 4 rings (SSSR count). The van der Waals surface area contributed by atoms with Gasteiger partial charge in [-0.1, -0.05) is 24.3 Å². The highest BCUT2D eigenvalue weighted by Gasteiger charge is 2.26. The molecule has 0 spiro atoms. The molecule has 1 aliphatic rings. The number of carbonyl (C=O) groups is 1. The summed E-state index contributed by atoms with van der Waals surface area (Å²) in [5.74, 6) is 0.164. The van der Waals surface area contributed by atoms with Crippen LogP contribution in [-0.4, -0.2) is 24.0 Å². The SMILES string of the molecule is N#Cc1ccc(-c2cncc3c2OCCN3C(=O)Cc2ccc(F)cc2)cc1. The number of ether oxygens (including phenoxy) is 1. The Kier molecular flexibility index (Phi) is 4.73. The third-order valence-corrected chi connectivity index (χ3v) is 4.62. The molecule has 138 valence electrons. The van der Waals surface area contributed by atoms with Crippen LogP contribution < -0.4 is 9.64 Å². The zero-order chi connectivity index (χ0) is 19.5. The molecule has 5 nitrogen and oxygen atoms in total. The zero-order valence-electron chi connectivity index (χ0n) is 14.9. The molecule has 1 aromatic heterocycles. The molecule has 0 N–H and O–H groups in total. The van der Waals surface area contributed by atoms with Gasteiger partial charge < -0.3 is 9.64 Å². The number of aromatic nitrogens is 1. The third kappa shape index (κ3) is 3.42. The minimum atomic E-state index is -0.329. The second-order valence-corrected chi connectivity index (χ2v) is 6.42. The molecule has 0 unspecified atom stereocenters. The summed E-state index contributed by atoms with van der Waals surface area (Å²) in [7, 11) is 0. The monoisotopic (exact) mass is 373 g/mol. The van der Waals surface area contributed by atoms with Crippen molar-refractivity contribution in [3.63, 3.8) is 0 Å². The number of nitrogens with zero attached hydrogens (tertiary/aromatic N) is 3. The molecule has 0 saturated heterocycles. The van der Waals surface area contributed by atoms with E-state index in [1.54, 1.807) is 41.6 Å². The maximum atomic E-state index is 13.1. The van der Waals surface area contributed by atoms with Crippen LogP contribution in [0.1, 0.15) is 11.1 Å². The minimum Gasteiger partial charge on any atom is -0.489 e. The molecular weight excluding hydrogens is 357 g/mol. The molecule has 0 bridgehead atoms. The number of rotatable bonds is 3. The van der Waals surface area contributed by atoms with Crippen LogP contribution in [-0.2, 0) is 11.2 Å². The Labute approximate surface area is 161 Å². The Morgan fingerprint density at radius 2 is 1.89 bits per heavy atom. The van der Waals surface area contributed by atoms with E-state index < -0.39 is 0 Å². The maximum Gasteiger partial charge on any atom is 0.231 e. The summed E-state index contributed by atoms with van der Waals surface area (Å²) in [5.41, 5.74) is 3.55. The lowest BCUT2D eigenvalue weighted by Crippen LogP contribution is -2.39. The number of nitriles is 1. The number of fused-ring (bicyclic) bond motifs is 1. The van der Waals surface area contributed by atoms with Crippen molar-refractivity contribution in [2.75, 3.05) is 18.1 Å². The van der Waals surface area contributed by atoms with Crippen LogP contribution in [0.5, 0.6) is 5.75 Å². The van der Waals surface area contributed by atoms with E-state index in [0.717, 1.165) is 16.7 Å². The predicted octanol–water partition coefficient (Wildman–Crippen LogP) is 3.73. The summed E-state index contributed by atoms with van der Waals surface area (Å²) in [6.07, 6.45) is 3.47. The van der Waals surface area contributed by atoms with E-state index >= 15 is 0 Å². The maximum absolute atomic E-state index is 13.1. The molecule has 0 saturated carbocycles. The summed E-state index contributed by atoms with van der Waals surface area (Å²) >= 11 is 0. The standard InChI is InChI=1S/C22H16FN3O2/c23-18-7-3-15(4-8-18)11-21(27)26-9-10-28-22-19(13-25-14-20(22)26)17-5-1-16(12-24)2-6-17/h1-8,13-14H,9-11H2. The molecule has 2 aromatic carbocycles. The van der Waals surface area contributed by atoms with Crippen molar-refractivity contribution in [3.8, 4) is 22.9 Å². The van der Waals surface area contributed by atoms with E-state index in [1.807, 2.05) is 12.1 Å². The fourth-order valence-electron chi connectivity index (χ4n) is 3.20. The number of anilines is 1. The van der Waals surface area contributed by atoms with Gasteiger partial charge in [0.15, 0.2) is 5.75 Å². The van der Waals surface area contributed by atoms with Gasteiger partial charge in [0.1, 0.15) is 18.1 Å². The largest absolute Gasteiger partial charge is 0.489 e. The van der Waals surface area contributed by atoms with Gasteiger partial charge in [-0.2, -0.15) is 5.26 Å². The first-order valence-electron chi connectivity index (χ1n) is 8.82. The number of hydrogen-bond acceptors (Lipinski definition) is 4. The van der Waals surface area contributed by atoms with Gasteiger partial charge >= 0.3 is 0 Å². The molecular formula is C22H16FN3O2. The molecule has 6 heteroatoms. The number of pyridine rings is 1. The summed E-state index contributed by atoms with van der Waals surface area (Å²) < 4.78 is 19.0. The average Bonchev–Trinajstić information content (AvgIpc) is 2.74. The van der Waals surface area contributed by atoms with Crippen LogP contribution >= 0.6 is 0 Å². The lowest BCUT2D eigenvalue weighted by molar-refractivity contribution is -0.118. The number of benzene rings is 2. The van der Waals surface area contributed by atoms with Crippen LogP contribution in [0.4, 0.5) is 10.1 Å². The first-order valence-corrected chi connectivity index (χ1v) is 8.82. The van der Waals surface area contributed by atoms with Gasteiger partial charge in [0.2, 0.25) is 5.91 Å². The molecule has 1 amide bonds. The zero-order valence-corrected chi connectivity index (χ0v) is 14.9. The molecule has 28 heavy (non-hydrogen) atoms. The lowest BCUT2D eigenvalue weighted by atomic mass is 10.0. The summed E-state index contributed by atoms with van der Waals surface area (Å²) in [6.45, 7) is 0.793. The number of hydrogen-bond donors (Lipinski definition) is 0. The Morgan fingerprint density at radius 3 is 2.61 bits per heavy atom. The Morgan fingerprint density at radius 1 is 1.14 bits per heavy atom. The van der Waals surface area contributed by atoms with E-state index in [-0.39, 0.29) is 18.1 Å². The van der Waals surface area contributed by atoms with E-state index in [4.69, 9.17) is 10.00 Å². The molecule has 2 heterocycles. The van der Waals surface area contributed by atoms with E-state index in [1.165, 1.54) is 12.1 Å². The van der Waals surface area contributed by atoms with E-state index in [9.17, 15) is 9.18 Å². The topological polar surface area (TPSA) is 66.2 Å². The van der Waals surface area contributed by atoms with Gasteiger partial charge in [0, 0.05) is 11.8 Å². The minimum absolute atomic E-state index is 0.102. The van der Waals surface area contributed by atoms with Gasteiger partial charge in [-0.15, -0.1) is 0 Å². The number of amides is 1. The predicted molar refractivity (Wildman–Crippen MR) is 102 cm³/mol. The van der Waals surface area contributed by atoms with Gasteiger partial charge in [-0.3, -0.25) is 9.78 Å². The highest BCUT2D eigenvalue weighted by molar-refractivity contribution is 5.98. The summed E-state index contributed by atoms with van der Waals surface area (Å²) in [6, 6.07) is 15.1. The molecule has 0 radical (unpaired) electrons. The fourth-order valence-corrected chi connectivity index (χ4v) is 3.20. The molecule has 0 atom stereocenters. The van der Waals surface area contributed by atoms with Gasteiger partial charge in [0.05, 0.1) is 30.8 Å². The Balaban J connectivity index is 1.65. The molecule has 3 aromatic rings. The highest BCUT2D eigenvalue weighted by atomic mass is 19.1. The van der Waals surface area contributed by atoms with Crippen LogP contribution in [0, 0.1) is 17.1 Å². The van der Waals surface area contributed by atoms with Crippen LogP contribution in [0.25, 0.3) is 11.1 Å². The van der Waals surface area contributed by atoms with Crippen molar-refractivity contribution in [1.82, 2.24) is 4.98 Å². The van der Waals surface area contributed by atoms with Crippen molar-refractivity contribution in [3.05, 3.63) is 77.9 Å². The second-order valence-electron chi connectivity index (χ2n) is 6.42. The Hall–Kier alpha value is -3.72. The molecule has 1 aliphatic heterocycles. The van der Waals surface area contributed by atoms with E-state index in [2.05, 4.69) is 11.1 Å². The van der Waals surface area contributed by atoms with E-state index in [0.29, 0.717) is 30.2 Å². The lowest BCUT2D eigenvalue weighted by Gasteiger charge is -2.30. The fraction of sp³-hybridized carbons (Fsp3) is 0.136. The van der Waals surface area contributed by atoms with Crippen molar-refractivity contribution >= 4 is 11.6 Å². The van der Waals surface area contributed by atoms with Crippen molar-refractivity contribution < 1.29 is 13.9 Å². The first kappa shape index (κ1) is 17.7. The second kappa shape index (κ2) is 7.49. The van der Waals surface area contributed by atoms with Gasteiger partial charge in [-0.05, 0) is 35.4 Å². The first-order chi connectivity index (χ1) is 13.7. The van der Waals surface area contributed by atoms with Crippen LogP contribution in [0.15, 0.2) is 60.9 Å². The smallest absolute Gasteiger partial charge is 0.231 e. The Bertz CT molecular complexity index is 1060. The highest BCUT2D eigenvalue weighted by Crippen LogP contribution is 2.40. The summed E-state index contributed by atoms with van der Waals surface area (Å²) in [5, 5.41) is 8.97. The molecule has 0 aliphatic carbocycles. The van der Waals surface area contributed by atoms with Crippen molar-refractivity contribution in [2.24, 2.45) is 0 Å². The van der Waals surface area contributed by atoms with Crippen LogP contribution in [0.2, 0.25) is 0 Å². The van der Waals surface area contributed by atoms with Crippen molar-refractivity contribution in [2.45, 2.75) is 6.42 Å². The van der Waals surface area contributed by atoms with Crippen molar-refractivity contribution in [1.29, 1.82) is 5.26 Å². The number of halogens is 1. The molecule has 0 fully saturated rings. The van der Waals surface area contributed by atoms with Crippen LogP contribution in [0.3, 0.4) is 0 Å². The average molecular weight is 373 g/mol. The van der Waals surface area contributed by atoms with Gasteiger partial charge in [0.25, 0.3) is 0 Å². The third-order valence-electron chi connectivity index (χ3n) is 4.62. The quantitative estimate of drug-likeness (QED) is 0.702.